The summed E-state index contributed by atoms with van der Waals surface area (Å²) in [5, 5.41) is 2.80. The number of fused-ring (bicyclic) bond motifs is 1. The number of rotatable bonds is 5. The van der Waals surface area contributed by atoms with Gasteiger partial charge >= 0.3 is 0 Å². The van der Waals surface area contributed by atoms with Crippen molar-refractivity contribution in [3.8, 4) is 17.0 Å². The smallest absolute Gasteiger partial charge is 0.244 e. The van der Waals surface area contributed by atoms with Crippen LogP contribution in [0, 0.1) is 19.7 Å². The number of aryl methyl sites for hydroxylation is 2. The topological polar surface area (TPSA) is 77.0 Å². The molecule has 1 atom stereocenters. The predicted octanol–water partition coefficient (Wildman–Crippen LogP) is 3.43. The first-order valence-corrected chi connectivity index (χ1v) is 9.67. The van der Waals surface area contributed by atoms with Crippen LogP contribution < -0.4 is 10.1 Å². The summed E-state index contributed by atoms with van der Waals surface area (Å²) in [6.07, 6.45) is 6.42. The van der Waals surface area contributed by atoms with Crippen LogP contribution in [0.5, 0.6) is 5.75 Å². The van der Waals surface area contributed by atoms with E-state index in [1.807, 2.05) is 26.0 Å². The zero-order valence-electron chi connectivity index (χ0n) is 16.7. The molecule has 1 aliphatic rings. The van der Waals surface area contributed by atoms with Crippen LogP contribution in [-0.4, -0.2) is 33.5 Å². The van der Waals surface area contributed by atoms with E-state index in [0.29, 0.717) is 34.7 Å². The van der Waals surface area contributed by atoms with Gasteiger partial charge in [-0.1, -0.05) is 6.07 Å². The standard InChI is InChI=1S/C23H21FN4O2/c1-14-12-26-15(2)22(28-14)18-7-8-20(24)19-11-17(30-23(18)19)13-27-21(29)9-6-16-5-3-4-10-25-16/h3-10,12,17H,11,13H2,1-2H3,(H,27,29)/b9-6+. The lowest BCUT2D eigenvalue weighted by Gasteiger charge is -2.13. The summed E-state index contributed by atoms with van der Waals surface area (Å²) >= 11 is 0. The number of halogens is 1. The van der Waals surface area contributed by atoms with Gasteiger partial charge in [-0.05, 0) is 44.2 Å². The molecule has 2 aromatic heterocycles. The van der Waals surface area contributed by atoms with Gasteiger partial charge in [-0.2, -0.15) is 0 Å². The number of benzene rings is 1. The van der Waals surface area contributed by atoms with Gasteiger partial charge in [0.2, 0.25) is 5.91 Å². The molecule has 30 heavy (non-hydrogen) atoms. The Labute approximate surface area is 173 Å². The van der Waals surface area contributed by atoms with Gasteiger partial charge in [0.1, 0.15) is 17.7 Å². The van der Waals surface area contributed by atoms with Crippen molar-refractivity contribution in [1.29, 1.82) is 0 Å². The number of hydrogen-bond donors (Lipinski definition) is 1. The summed E-state index contributed by atoms with van der Waals surface area (Å²) in [4.78, 5) is 25.1. The maximum atomic E-state index is 14.4. The van der Waals surface area contributed by atoms with E-state index in [1.54, 1.807) is 30.6 Å². The maximum absolute atomic E-state index is 14.4. The monoisotopic (exact) mass is 404 g/mol. The molecule has 3 aromatic rings. The fraction of sp³-hybridized carbons (Fsp3) is 0.217. The zero-order valence-corrected chi connectivity index (χ0v) is 16.7. The third kappa shape index (κ3) is 4.20. The van der Waals surface area contributed by atoms with E-state index < -0.39 is 0 Å². The largest absolute Gasteiger partial charge is 0.487 e. The molecular weight excluding hydrogens is 383 g/mol. The van der Waals surface area contributed by atoms with Crippen LogP contribution in [-0.2, 0) is 11.2 Å². The van der Waals surface area contributed by atoms with Crippen molar-refractivity contribution in [1.82, 2.24) is 20.3 Å². The number of nitrogens with zero attached hydrogens (tertiary/aromatic N) is 3. The summed E-state index contributed by atoms with van der Waals surface area (Å²) in [7, 11) is 0. The Morgan fingerprint density at radius 2 is 2.13 bits per heavy atom. The van der Waals surface area contributed by atoms with Crippen molar-refractivity contribution in [3.63, 3.8) is 0 Å². The van der Waals surface area contributed by atoms with E-state index in [0.717, 1.165) is 11.4 Å². The number of carbonyl (C=O) groups excluding carboxylic acids is 1. The Kier molecular flexibility index (Phi) is 5.52. The van der Waals surface area contributed by atoms with Crippen LogP contribution in [0.15, 0.2) is 48.8 Å². The molecule has 1 aliphatic heterocycles. The summed E-state index contributed by atoms with van der Waals surface area (Å²) < 4.78 is 20.4. The molecule has 0 bridgehead atoms. The van der Waals surface area contributed by atoms with Gasteiger partial charge in [0.15, 0.2) is 0 Å². The average Bonchev–Trinajstić information content (AvgIpc) is 3.19. The Balaban J connectivity index is 1.47. The Hall–Kier alpha value is -3.61. The van der Waals surface area contributed by atoms with Gasteiger partial charge in [0, 0.05) is 36.0 Å². The second-order valence-corrected chi connectivity index (χ2v) is 7.13. The van der Waals surface area contributed by atoms with E-state index in [-0.39, 0.29) is 24.4 Å². The van der Waals surface area contributed by atoms with Crippen LogP contribution in [0.1, 0.15) is 22.6 Å². The van der Waals surface area contributed by atoms with Crippen LogP contribution in [0.4, 0.5) is 4.39 Å². The molecule has 0 saturated carbocycles. The zero-order chi connectivity index (χ0) is 21.1. The number of amides is 1. The quantitative estimate of drug-likeness (QED) is 0.660. The van der Waals surface area contributed by atoms with E-state index in [1.165, 1.54) is 12.1 Å². The van der Waals surface area contributed by atoms with Gasteiger partial charge in [0.25, 0.3) is 0 Å². The van der Waals surface area contributed by atoms with Gasteiger partial charge in [-0.25, -0.2) is 9.37 Å². The van der Waals surface area contributed by atoms with Gasteiger partial charge in [0.05, 0.1) is 29.3 Å². The number of aromatic nitrogens is 3. The molecule has 0 radical (unpaired) electrons. The molecule has 1 N–H and O–H groups in total. The van der Waals surface area contributed by atoms with Crippen LogP contribution >= 0.6 is 0 Å². The SMILES string of the molecule is Cc1cnc(C)c(-c2ccc(F)c3c2OC(CNC(=O)/C=C/c2ccccn2)C3)n1. The van der Waals surface area contributed by atoms with Crippen molar-refractivity contribution in [2.75, 3.05) is 6.54 Å². The van der Waals surface area contributed by atoms with E-state index in [4.69, 9.17) is 4.74 Å². The summed E-state index contributed by atoms with van der Waals surface area (Å²) in [5.41, 5.74) is 4.10. The number of ether oxygens (including phenoxy) is 1. The fourth-order valence-electron chi connectivity index (χ4n) is 3.37. The molecule has 1 aromatic carbocycles. The lowest BCUT2D eigenvalue weighted by molar-refractivity contribution is -0.116. The van der Waals surface area contributed by atoms with Crippen LogP contribution in [0.25, 0.3) is 17.3 Å². The predicted molar refractivity (Wildman–Crippen MR) is 111 cm³/mol. The van der Waals surface area contributed by atoms with Crippen molar-refractivity contribution in [3.05, 3.63) is 77.3 Å². The minimum absolute atomic E-state index is 0.261. The van der Waals surface area contributed by atoms with Crippen molar-refractivity contribution >= 4 is 12.0 Å². The van der Waals surface area contributed by atoms with Crippen LogP contribution in [0.3, 0.4) is 0 Å². The molecule has 7 heteroatoms. The second kappa shape index (κ2) is 8.41. The van der Waals surface area contributed by atoms with Gasteiger partial charge in [-0.3, -0.25) is 14.8 Å². The first-order chi connectivity index (χ1) is 14.5. The van der Waals surface area contributed by atoms with Crippen LogP contribution in [0.2, 0.25) is 0 Å². The fourth-order valence-corrected chi connectivity index (χ4v) is 3.37. The molecule has 3 heterocycles. The van der Waals surface area contributed by atoms with Crippen molar-refractivity contribution < 1.29 is 13.9 Å². The minimum atomic E-state index is -0.360. The molecule has 0 spiro atoms. The summed E-state index contributed by atoms with van der Waals surface area (Å²) in [6.45, 7) is 3.98. The molecule has 0 aliphatic carbocycles. The first kappa shape index (κ1) is 19.7. The lowest BCUT2D eigenvalue weighted by Crippen LogP contribution is -2.33. The molecule has 152 valence electrons. The highest BCUT2D eigenvalue weighted by Crippen LogP contribution is 2.40. The highest BCUT2D eigenvalue weighted by atomic mass is 19.1. The van der Waals surface area contributed by atoms with Crippen molar-refractivity contribution in [2.24, 2.45) is 0 Å². The highest BCUT2D eigenvalue weighted by Gasteiger charge is 2.30. The van der Waals surface area contributed by atoms with Gasteiger partial charge in [-0.15, -0.1) is 0 Å². The van der Waals surface area contributed by atoms with E-state index >= 15 is 0 Å². The number of pyridine rings is 1. The van der Waals surface area contributed by atoms with Crippen molar-refractivity contribution in [2.45, 2.75) is 26.4 Å². The molecule has 6 nitrogen and oxygen atoms in total. The number of hydrogen-bond acceptors (Lipinski definition) is 5. The Bertz CT molecular complexity index is 1120. The molecule has 0 saturated heterocycles. The third-order valence-electron chi connectivity index (χ3n) is 4.85. The van der Waals surface area contributed by atoms with E-state index in [9.17, 15) is 9.18 Å². The second-order valence-electron chi connectivity index (χ2n) is 7.13. The number of nitrogens with one attached hydrogen (secondary N) is 1. The molecule has 4 rings (SSSR count). The Morgan fingerprint density at radius 1 is 1.27 bits per heavy atom. The normalized spacial score (nSPS) is 15.1. The van der Waals surface area contributed by atoms with E-state index in [2.05, 4.69) is 20.3 Å². The third-order valence-corrected chi connectivity index (χ3v) is 4.85. The van der Waals surface area contributed by atoms with Gasteiger partial charge < -0.3 is 10.1 Å². The first-order valence-electron chi connectivity index (χ1n) is 9.67. The molecule has 1 unspecified atom stereocenters. The highest BCUT2D eigenvalue weighted by molar-refractivity contribution is 5.91. The summed E-state index contributed by atoms with van der Waals surface area (Å²) in [5.74, 6) is -0.113. The molecular formula is C23H21FN4O2. The minimum Gasteiger partial charge on any atom is -0.487 e. The number of carbonyl (C=O) groups is 1. The lowest BCUT2D eigenvalue weighted by atomic mass is 10.0. The Morgan fingerprint density at radius 3 is 2.93 bits per heavy atom. The summed E-state index contributed by atoms with van der Waals surface area (Å²) in [6, 6.07) is 8.56. The maximum Gasteiger partial charge on any atom is 0.244 e. The molecule has 1 amide bonds. The molecule has 0 fully saturated rings. The average molecular weight is 404 g/mol.